The quantitative estimate of drug-likeness (QED) is 0.139. The zero-order valence-electron chi connectivity index (χ0n) is 19.5. The number of ether oxygens (including phenoxy) is 1. The lowest BCUT2D eigenvalue weighted by Gasteiger charge is -2.12. The van der Waals surface area contributed by atoms with Crippen LogP contribution in [0.5, 0.6) is 11.5 Å². The van der Waals surface area contributed by atoms with Crippen molar-refractivity contribution >= 4 is 45.1 Å². The Kier molecular flexibility index (Phi) is 7.91. The second-order valence-electron chi connectivity index (χ2n) is 7.52. The van der Waals surface area contributed by atoms with Crippen LogP contribution in [0.1, 0.15) is 18.1 Å². The van der Waals surface area contributed by atoms with Crippen molar-refractivity contribution in [2.45, 2.75) is 24.0 Å². The summed E-state index contributed by atoms with van der Waals surface area (Å²) in [6.07, 6.45) is 1.42. The van der Waals surface area contributed by atoms with Gasteiger partial charge in [0.1, 0.15) is 10.4 Å². The van der Waals surface area contributed by atoms with Crippen molar-refractivity contribution in [3.63, 3.8) is 0 Å². The number of thioether (sulfide) groups is 1. The molecule has 1 N–H and O–H groups in total. The van der Waals surface area contributed by atoms with E-state index in [1.807, 2.05) is 31.2 Å². The number of rotatable bonds is 10. The second-order valence-corrected chi connectivity index (χ2v) is 9.99. The van der Waals surface area contributed by atoms with E-state index in [2.05, 4.69) is 15.5 Å². The number of amides is 1. The fourth-order valence-corrected chi connectivity index (χ4v) is 4.63. The maximum Gasteiger partial charge on any atom is 0.339 e. The van der Waals surface area contributed by atoms with E-state index < -0.39 is 10.1 Å². The summed E-state index contributed by atoms with van der Waals surface area (Å²) in [7, 11) is -4.04. The minimum Gasteiger partial charge on any atom is -0.490 e. The van der Waals surface area contributed by atoms with Gasteiger partial charge in [0.25, 0.3) is 11.1 Å². The van der Waals surface area contributed by atoms with E-state index >= 15 is 0 Å². The Morgan fingerprint density at radius 1 is 1.11 bits per heavy atom. The number of para-hydroxylation sites is 2. The first-order chi connectivity index (χ1) is 17.3. The van der Waals surface area contributed by atoms with Gasteiger partial charge in [0.15, 0.2) is 17.1 Å². The third kappa shape index (κ3) is 6.43. The lowest BCUT2D eigenvalue weighted by molar-refractivity contribution is -0.118. The first kappa shape index (κ1) is 25.3. The van der Waals surface area contributed by atoms with Gasteiger partial charge in [-0.15, -0.1) is 0 Å². The molecule has 36 heavy (non-hydrogen) atoms. The minimum atomic E-state index is -4.04. The smallest absolute Gasteiger partial charge is 0.339 e. The summed E-state index contributed by atoms with van der Waals surface area (Å²) in [5, 5.41) is 4.35. The van der Waals surface area contributed by atoms with Gasteiger partial charge in [0.2, 0.25) is 0 Å². The van der Waals surface area contributed by atoms with Crippen molar-refractivity contribution in [3.8, 4) is 11.5 Å². The molecule has 1 aromatic heterocycles. The van der Waals surface area contributed by atoms with Crippen molar-refractivity contribution < 1.29 is 26.5 Å². The third-order valence-corrected chi connectivity index (χ3v) is 6.86. The lowest BCUT2D eigenvalue weighted by Crippen LogP contribution is -2.19. The number of fused-ring (bicyclic) bond motifs is 1. The molecule has 0 fully saturated rings. The molecule has 186 valence electrons. The van der Waals surface area contributed by atoms with Gasteiger partial charge in [-0.25, -0.2) is 10.4 Å². The van der Waals surface area contributed by atoms with E-state index in [1.54, 1.807) is 31.2 Å². The SMILES string of the molecule is CCOc1cc(/C=N\NC(=O)CSc2nc3ccccc3o2)ccc1OS(=O)(=O)c1ccc(C)cc1. The molecule has 3 aromatic carbocycles. The summed E-state index contributed by atoms with van der Waals surface area (Å²) in [4.78, 5) is 16.5. The van der Waals surface area contributed by atoms with Crippen molar-refractivity contribution in [3.05, 3.63) is 77.9 Å². The number of aromatic nitrogens is 1. The average molecular weight is 526 g/mol. The Morgan fingerprint density at radius 2 is 1.89 bits per heavy atom. The predicted molar refractivity (Wildman–Crippen MR) is 137 cm³/mol. The number of carbonyl (C=O) groups is 1. The van der Waals surface area contributed by atoms with E-state index in [0.29, 0.717) is 23.0 Å². The van der Waals surface area contributed by atoms with Gasteiger partial charge in [-0.3, -0.25) is 4.79 Å². The number of hydrazone groups is 1. The van der Waals surface area contributed by atoms with Crippen molar-refractivity contribution in [2.24, 2.45) is 5.10 Å². The van der Waals surface area contributed by atoms with Crippen LogP contribution in [-0.4, -0.2) is 37.9 Å². The molecular formula is C25H23N3O6S2. The summed E-state index contributed by atoms with van der Waals surface area (Å²) in [5.74, 6) is 0.00821. The summed E-state index contributed by atoms with van der Waals surface area (Å²) in [6.45, 7) is 3.93. The zero-order valence-corrected chi connectivity index (χ0v) is 21.1. The molecular weight excluding hydrogens is 502 g/mol. The molecule has 0 aliphatic rings. The number of hydrogen-bond donors (Lipinski definition) is 1. The van der Waals surface area contributed by atoms with Gasteiger partial charge in [-0.1, -0.05) is 41.6 Å². The Hall–Kier alpha value is -3.83. The molecule has 1 heterocycles. The van der Waals surface area contributed by atoms with Gasteiger partial charge < -0.3 is 13.3 Å². The van der Waals surface area contributed by atoms with E-state index in [1.165, 1.54) is 24.4 Å². The van der Waals surface area contributed by atoms with Crippen LogP contribution < -0.4 is 14.3 Å². The summed E-state index contributed by atoms with van der Waals surface area (Å²) in [6, 6.07) is 18.4. The number of aryl methyl sites for hydroxylation is 1. The number of nitrogens with zero attached hydrogens (tertiary/aromatic N) is 2. The van der Waals surface area contributed by atoms with E-state index in [-0.39, 0.29) is 28.1 Å². The molecule has 11 heteroatoms. The number of benzene rings is 3. The molecule has 0 spiro atoms. The molecule has 4 rings (SSSR count). The number of nitrogens with one attached hydrogen (secondary N) is 1. The standard InChI is InChI=1S/C25H23N3O6S2/c1-3-32-23-14-18(10-13-22(23)34-36(30,31)19-11-8-17(2)9-12-19)15-26-28-24(29)16-35-25-27-20-6-4-5-7-21(20)33-25/h4-15H,3,16H2,1-2H3,(H,28,29)/b26-15-. The highest BCUT2D eigenvalue weighted by molar-refractivity contribution is 7.99. The van der Waals surface area contributed by atoms with Gasteiger partial charge >= 0.3 is 10.1 Å². The fourth-order valence-electron chi connectivity index (χ4n) is 3.06. The molecule has 0 unspecified atom stereocenters. The van der Waals surface area contributed by atoms with Crippen LogP contribution in [-0.2, 0) is 14.9 Å². The molecule has 0 radical (unpaired) electrons. The Balaban J connectivity index is 1.37. The molecule has 0 bridgehead atoms. The van der Waals surface area contributed by atoms with Gasteiger partial charge in [-0.05, 0) is 61.9 Å². The summed E-state index contributed by atoms with van der Waals surface area (Å²) >= 11 is 1.16. The van der Waals surface area contributed by atoms with Gasteiger partial charge in [-0.2, -0.15) is 13.5 Å². The van der Waals surface area contributed by atoms with Crippen LogP contribution in [0.3, 0.4) is 0 Å². The highest BCUT2D eigenvalue weighted by Crippen LogP contribution is 2.31. The normalized spacial score (nSPS) is 11.6. The Morgan fingerprint density at radius 3 is 2.64 bits per heavy atom. The second kappa shape index (κ2) is 11.3. The fraction of sp³-hybridized carbons (Fsp3) is 0.160. The Bertz CT molecular complexity index is 1470. The highest BCUT2D eigenvalue weighted by atomic mass is 32.2. The van der Waals surface area contributed by atoms with Crippen LogP contribution in [0, 0.1) is 6.92 Å². The van der Waals surface area contributed by atoms with Gasteiger partial charge in [0, 0.05) is 0 Å². The van der Waals surface area contributed by atoms with Crippen molar-refractivity contribution in [1.29, 1.82) is 0 Å². The van der Waals surface area contributed by atoms with E-state index in [0.717, 1.165) is 22.8 Å². The first-order valence-corrected chi connectivity index (χ1v) is 13.3. The average Bonchev–Trinajstić information content (AvgIpc) is 3.28. The zero-order chi connectivity index (χ0) is 25.5. The summed E-state index contributed by atoms with van der Waals surface area (Å²) in [5.41, 5.74) is 5.33. The van der Waals surface area contributed by atoms with Crippen LogP contribution in [0.2, 0.25) is 0 Å². The molecule has 0 aliphatic carbocycles. The van der Waals surface area contributed by atoms with Crippen LogP contribution in [0.25, 0.3) is 11.1 Å². The van der Waals surface area contributed by atoms with Crippen LogP contribution in [0.15, 0.2) is 86.4 Å². The van der Waals surface area contributed by atoms with Crippen LogP contribution >= 0.6 is 11.8 Å². The lowest BCUT2D eigenvalue weighted by atomic mass is 10.2. The molecule has 1 amide bonds. The third-order valence-electron chi connectivity index (χ3n) is 4.78. The van der Waals surface area contributed by atoms with Gasteiger partial charge in [0.05, 0.1) is 18.6 Å². The van der Waals surface area contributed by atoms with E-state index in [9.17, 15) is 13.2 Å². The van der Waals surface area contributed by atoms with Crippen molar-refractivity contribution in [2.75, 3.05) is 12.4 Å². The first-order valence-electron chi connectivity index (χ1n) is 10.9. The topological polar surface area (TPSA) is 120 Å². The molecule has 9 nitrogen and oxygen atoms in total. The maximum atomic E-state index is 12.7. The Labute approximate surface area is 212 Å². The largest absolute Gasteiger partial charge is 0.490 e. The van der Waals surface area contributed by atoms with Crippen LogP contribution in [0.4, 0.5) is 0 Å². The number of hydrogen-bond acceptors (Lipinski definition) is 9. The number of carbonyl (C=O) groups excluding carboxylic acids is 1. The predicted octanol–water partition coefficient (Wildman–Crippen LogP) is 4.55. The highest BCUT2D eigenvalue weighted by Gasteiger charge is 2.19. The number of oxazole rings is 1. The molecule has 4 aromatic rings. The maximum absolute atomic E-state index is 12.7. The molecule has 0 aliphatic heterocycles. The molecule has 0 saturated heterocycles. The minimum absolute atomic E-state index is 0.0413. The monoisotopic (exact) mass is 525 g/mol. The summed E-state index contributed by atoms with van der Waals surface area (Å²) < 4.78 is 41.8. The molecule has 0 atom stereocenters. The van der Waals surface area contributed by atoms with Crippen molar-refractivity contribution in [1.82, 2.24) is 10.4 Å². The van der Waals surface area contributed by atoms with E-state index in [4.69, 9.17) is 13.3 Å². The molecule has 0 saturated carbocycles.